The quantitative estimate of drug-likeness (QED) is 0.546. The van der Waals surface area contributed by atoms with Crippen LogP contribution in [0, 0.1) is 12.8 Å². The molecule has 1 fully saturated rings. The van der Waals surface area contributed by atoms with E-state index in [1.807, 2.05) is 6.92 Å². The minimum Gasteiger partial charge on any atom is -0.497 e. The van der Waals surface area contributed by atoms with Gasteiger partial charge in [0.15, 0.2) is 0 Å². The van der Waals surface area contributed by atoms with Crippen LogP contribution in [0.4, 0.5) is 5.69 Å². The van der Waals surface area contributed by atoms with Gasteiger partial charge in [0.05, 0.1) is 30.2 Å². The summed E-state index contributed by atoms with van der Waals surface area (Å²) in [5, 5.41) is 0. The smallest absolute Gasteiger partial charge is 0.309 e. The fraction of sp³-hybridized carbons (Fsp3) is 0.417. The first-order valence-electron chi connectivity index (χ1n) is 10.9. The summed E-state index contributed by atoms with van der Waals surface area (Å²) in [6, 6.07) is 13.1. The maximum atomic E-state index is 13.5. The molecule has 1 aliphatic rings. The predicted octanol–water partition coefficient (Wildman–Crippen LogP) is 3.00. The number of hydrogen-bond donors (Lipinski definition) is 0. The van der Waals surface area contributed by atoms with Crippen LogP contribution in [0.5, 0.6) is 5.75 Å². The average molecular weight is 475 g/mol. The van der Waals surface area contributed by atoms with E-state index in [4.69, 9.17) is 9.47 Å². The molecule has 2 aromatic rings. The third-order valence-electron chi connectivity index (χ3n) is 5.72. The van der Waals surface area contributed by atoms with Crippen LogP contribution >= 0.6 is 0 Å². The molecule has 1 heterocycles. The van der Waals surface area contributed by atoms with E-state index < -0.39 is 10.0 Å². The lowest BCUT2D eigenvalue weighted by Crippen LogP contribution is -2.46. The summed E-state index contributed by atoms with van der Waals surface area (Å²) in [7, 11) is -2.46. The third-order valence-corrected chi connectivity index (χ3v) is 7.50. The van der Waals surface area contributed by atoms with Crippen molar-refractivity contribution >= 4 is 27.6 Å². The van der Waals surface area contributed by atoms with E-state index >= 15 is 0 Å². The molecule has 0 aromatic heterocycles. The number of ether oxygens (including phenoxy) is 2. The summed E-state index contributed by atoms with van der Waals surface area (Å²) in [5.74, 6) is -0.211. The second kappa shape index (κ2) is 10.7. The lowest BCUT2D eigenvalue weighted by Gasteiger charge is -2.33. The maximum Gasteiger partial charge on any atom is 0.309 e. The number of anilines is 1. The van der Waals surface area contributed by atoms with E-state index in [1.54, 1.807) is 48.2 Å². The number of likely N-dealkylation sites (tertiary alicyclic amines) is 1. The highest BCUT2D eigenvalue weighted by molar-refractivity contribution is 7.92. The van der Waals surface area contributed by atoms with Gasteiger partial charge in [-0.25, -0.2) is 8.42 Å². The summed E-state index contributed by atoms with van der Waals surface area (Å²) in [4.78, 5) is 26.8. The summed E-state index contributed by atoms with van der Waals surface area (Å²) in [6.45, 7) is 4.38. The fourth-order valence-electron chi connectivity index (χ4n) is 3.75. The monoisotopic (exact) mass is 474 g/mol. The Balaban J connectivity index is 1.82. The first-order chi connectivity index (χ1) is 15.8. The number of rotatable bonds is 8. The number of methoxy groups -OCH3 is 1. The van der Waals surface area contributed by atoms with Crippen LogP contribution < -0.4 is 9.04 Å². The summed E-state index contributed by atoms with van der Waals surface area (Å²) in [5.41, 5.74) is 1.30. The standard InChI is InChI=1S/C24H30N2O6S/c1-4-32-24(28)19-13-15-25(16-14-19)23(27)17-26(20-7-9-21(31-3)10-8-20)33(29,30)22-11-5-18(2)6-12-22/h5-12,19H,4,13-17H2,1-3H3. The van der Waals surface area contributed by atoms with Crippen molar-refractivity contribution in [2.45, 2.75) is 31.6 Å². The topological polar surface area (TPSA) is 93.2 Å². The summed E-state index contributed by atoms with van der Waals surface area (Å²) < 4.78 is 38.4. The minimum atomic E-state index is -3.98. The summed E-state index contributed by atoms with van der Waals surface area (Å²) >= 11 is 0. The van der Waals surface area contributed by atoms with Crippen LogP contribution in [0.3, 0.4) is 0 Å². The normalized spacial score (nSPS) is 14.6. The number of aryl methyl sites for hydroxylation is 1. The Bertz CT molecular complexity index is 1060. The average Bonchev–Trinajstić information content (AvgIpc) is 2.83. The second-order valence-corrected chi connectivity index (χ2v) is 9.79. The fourth-order valence-corrected chi connectivity index (χ4v) is 5.16. The number of benzene rings is 2. The van der Waals surface area contributed by atoms with Crippen molar-refractivity contribution < 1.29 is 27.5 Å². The highest BCUT2D eigenvalue weighted by atomic mass is 32.2. The molecule has 0 atom stereocenters. The van der Waals surface area contributed by atoms with Crippen molar-refractivity contribution in [2.75, 3.05) is 37.7 Å². The molecule has 2 aromatic carbocycles. The van der Waals surface area contributed by atoms with Gasteiger partial charge in [-0.3, -0.25) is 13.9 Å². The minimum absolute atomic E-state index is 0.109. The van der Waals surface area contributed by atoms with Crippen molar-refractivity contribution in [3.63, 3.8) is 0 Å². The molecule has 0 unspecified atom stereocenters. The van der Waals surface area contributed by atoms with Gasteiger partial charge >= 0.3 is 5.97 Å². The van der Waals surface area contributed by atoms with Crippen LogP contribution in [0.25, 0.3) is 0 Å². The Morgan fingerprint density at radius 2 is 1.64 bits per heavy atom. The Kier molecular flexibility index (Phi) is 7.97. The van der Waals surface area contributed by atoms with Crippen molar-refractivity contribution in [3.8, 4) is 5.75 Å². The molecular formula is C24H30N2O6S. The second-order valence-electron chi connectivity index (χ2n) is 7.93. The number of sulfonamides is 1. The largest absolute Gasteiger partial charge is 0.497 e. The molecule has 0 bridgehead atoms. The van der Waals surface area contributed by atoms with Gasteiger partial charge in [-0.15, -0.1) is 0 Å². The number of esters is 1. The first kappa shape index (κ1) is 24.6. The number of hydrogen-bond acceptors (Lipinski definition) is 6. The maximum absolute atomic E-state index is 13.5. The van der Waals surface area contributed by atoms with Crippen LogP contribution in [-0.4, -0.2) is 58.5 Å². The van der Waals surface area contributed by atoms with E-state index in [9.17, 15) is 18.0 Å². The van der Waals surface area contributed by atoms with E-state index in [-0.39, 0.29) is 29.2 Å². The molecule has 0 N–H and O–H groups in total. The van der Waals surface area contributed by atoms with Crippen molar-refractivity contribution in [2.24, 2.45) is 5.92 Å². The molecule has 33 heavy (non-hydrogen) atoms. The molecule has 0 aliphatic carbocycles. The van der Waals surface area contributed by atoms with Crippen molar-refractivity contribution in [1.29, 1.82) is 0 Å². The van der Waals surface area contributed by atoms with Gasteiger partial charge < -0.3 is 14.4 Å². The molecule has 0 spiro atoms. The van der Waals surface area contributed by atoms with Gasteiger partial charge in [0.2, 0.25) is 5.91 Å². The Hall–Kier alpha value is -3.07. The number of amides is 1. The molecule has 1 amide bonds. The van der Waals surface area contributed by atoms with Gasteiger partial charge in [-0.2, -0.15) is 0 Å². The highest BCUT2D eigenvalue weighted by Gasteiger charge is 2.32. The van der Waals surface area contributed by atoms with Crippen LogP contribution in [0.2, 0.25) is 0 Å². The highest BCUT2D eigenvalue weighted by Crippen LogP contribution is 2.27. The van der Waals surface area contributed by atoms with E-state index in [0.29, 0.717) is 44.0 Å². The molecule has 3 rings (SSSR count). The lowest BCUT2D eigenvalue weighted by molar-refractivity contribution is -0.151. The van der Waals surface area contributed by atoms with Crippen molar-refractivity contribution in [1.82, 2.24) is 4.90 Å². The predicted molar refractivity (Wildman–Crippen MR) is 125 cm³/mol. The van der Waals surface area contributed by atoms with Gasteiger partial charge in [0.1, 0.15) is 12.3 Å². The van der Waals surface area contributed by atoms with Crippen LogP contribution in [-0.2, 0) is 24.3 Å². The molecule has 0 saturated carbocycles. The third kappa shape index (κ3) is 5.84. The van der Waals surface area contributed by atoms with Gasteiger partial charge in [-0.05, 0) is 63.1 Å². The van der Waals surface area contributed by atoms with E-state index in [0.717, 1.165) is 9.87 Å². The Labute approximate surface area is 195 Å². The van der Waals surface area contributed by atoms with Crippen LogP contribution in [0.1, 0.15) is 25.3 Å². The van der Waals surface area contributed by atoms with Gasteiger partial charge in [-0.1, -0.05) is 17.7 Å². The zero-order valence-corrected chi connectivity index (χ0v) is 20.0. The van der Waals surface area contributed by atoms with E-state index in [2.05, 4.69) is 0 Å². The van der Waals surface area contributed by atoms with Gasteiger partial charge in [0, 0.05) is 13.1 Å². The summed E-state index contributed by atoms with van der Waals surface area (Å²) in [6.07, 6.45) is 0.996. The number of piperidine rings is 1. The molecule has 1 saturated heterocycles. The number of nitrogens with zero attached hydrogens (tertiary/aromatic N) is 2. The molecular weight excluding hydrogens is 444 g/mol. The molecule has 1 aliphatic heterocycles. The zero-order chi connectivity index (χ0) is 24.0. The SMILES string of the molecule is CCOC(=O)C1CCN(C(=O)CN(c2ccc(OC)cc2)S(=O)(=O)c2ccc(C)cc2)CC1. The Morgan fingerprint density at radius 3 is 2.18 bits per heavy atom. The molecule has 178 valence electrons. The number of carbonyl (C=O) groups excluding carboxylic acids is 2. The molecule has 8 nitrogen and oxygen atoms in total. The molecule has 9 heteroatoms. The molecule has 0 radical (unpaired) electrons. The van der Waals surface area contributed by atoms with Crippen LogP contribution in [0.15, 0.2) is 53.4 Å². The number of carbonyl (C=O) groups is 2. The van der Waals surface area contributed by atoms with Crippen molar-refractivity contribution in [3.05, 3.63) is 54.1 Å². The lowest BCUT2D eigenvalue weighted by atomic mass is 9.97. The Morgan fingerprint density at radius 1 is 1.03 bits per heavy atom. The zero-order valence-electron chi connectivity index (χ0n) is 19.2. The van der Waals surface area contributed by atoms with Gasteiger partial charge in [0.25, 0.3) is 10.0 Å². The first-order valence-corrected chi connectivity index (χ1v) is 12.4. The van der Waals surface area contributed by atoms with E-state index in [1.165, 1.54) is 19.2 Å².